The van der Waals surface area contributed by atoms with E-state index in [1.54, 1.807) is 10.9 Å². The van der Waals surface area contributed by atoms with Crippen LogP contribution in [0.3, 0.4) is 0 Å². The number of anilines is 1. The number of likely N-dealkylation sites (tertiary alicyclic amines) is 1. The number of aryl methyl sites for hydroxylation is 1. The molecule has 6 heteroatoms. The second-order valence-electron chi connectivity index (χ2n) is 5.91. The van der Waals surface area contributed by atoms with E-state index in [9.17, 15) is 0 Å². The Bertz CT molecular complexity index is 620. The van der Waals surface area contributed by atoms with Crippen LogP contribution in [0.25, 0.3) is 11.0 Å². The van der Waals surface area contributed by atoms with E-state index < -0.39 is 0 Å². The van der Waals surface area contributed by atoms with Gasteiger partial charge in [-0.25, -0.2) is 9.97 Å². The van der Waals surface area contributed by atoms with Crippen LogP contribution >= 0.6 is 0 Å². The monoisotopic (exact) mass is 288 g/mol. The van der Waals surface area contributed by atoms with Crippen LogP contribution in [0.1, 0.15) is 44.9 Å². The average molecular weight is 288 g/mol. The molecule has 3 rings (SSSR count). The Labute approximate surface area is 125 Å². The second kappa shape index (κ2) is 5.97. The van der Waals surface area contributed by atoms with Gasteiger partial charge in [0.15, 0.2) is 5.65 Å². The fraction of sp³-hybridized carbons (Fsp3) is 0.667. The topological polar surface area (TPSA) is 72.9 Å². The molecular formula is C15H24N6. The molecule has 2 aromatic rings. The first kappa shape index (κ1) is 14.3. The molecule has 114 valence electrons. The highest BCUT2D eigenvalue weighted by atomic mass is 15.3. The summed E-state index contributed by atoms with van der Waals surface area (Å²) in [5, 5.41) is 5.05. The number of nitrogens with zero attached hydrogens (tertiary/aromatic N) is 5. The number of hydrogen-bond donors (Lipinski definition) is 1. The third-order valence-corrected chi connectivity index (χ3v) is 4.48. The van der Waals surface area contributed by atoms with Crippen LogP contribution in [0.2, 0.25) is 0 Å². The number of hydrogen-bond acceptors (Lipinski definition) is 5. The fourth-order valence-corrected chi connectivity index (χ4v) is 3.25. The van der Waals surface area contributed by atoms with Crippen molar-refractivity contribution in [1.82, 2.24) is 24.6 Å². The van der Waals surface area contributed by atoms with Crippen molar-refractivity contribution in [2.75, 3.05) is 12.3 Å². The summed E-state index contributed by atoms with van der Waals surface area (Å²) in [4.78, 5) is 11.7. The van der Waals surface area contributed by atoms with E-state index >= 15 is 0 Å². The van der Waals surface area contributed by atoms with E-state index in [2.05, 4.69) is 26.9 Å². The van der Waals surface area contributed by atoms with E-state index in [1.807, 2.05) is 7.05 Å². The van der Waals surface area contributed by atoms with Gasteiger partial charge in [0, 0.05) is 13.1 Å². The molecule has 1 saturated heterocycles. The Morgan fingerprint density at radius 2 is 2.14 bits per heavy atom. The van der Waals surface area contributed by atoms with Crippen LogP contribution in [0, 0.1) is 0 Å². The molecular weight excluding hydrogens is 264 g/mol. The number of nitrogen functional groups attached to an aromatic ring is 1. The zero-order valence-corrected chi connectivity index (χ0v) is 12.9. The van der Waals surface area contributed by atoms with Crippen molar-refractivity contribution >= 4 is 16.9 Å². The van der Waals surface area contributed by atoms with E-state index in [4.69, 9.17) is 5.73 Å². The van der Waals surface area contributed by atoms with Gasteiger partial charge in [0.1, 0.15) is 11.6 Å². The SMILES string of the molecule is CCC1CCCCCN1Cc1nc(N)c2cnn(C)c2n1. The highest BCUT2D eigenvalue weighted by Crippen LogP contribution is 2.22. The average Bonchev–Trinajstić information content (AvgIpc) is 2.71. The van der Waals surface area contributed by atoms with E-state index in [0.29, 0.717) is 11.9 Å². The maximum absolute atomic E-state index is 6.05. The molecule has 21 heavy (non-hydrogen) atoms. The normalized spacial score (nSPS) is 20.8. The Morgan fingerprint density at radius 3 is 2.95 bits per heavy atom. The first-order valence-electron chi connectivity index (χ1n) is 7.87. The molecule has 3 heterocycles. The van der Waals surface area contributed by atoms with Crippen LogP contribution in [0.5, 0.6) is 0 Å². The minimum atomic E-state index is 0.533. The van der Waals surface area contributed by atoms with E-state index in [0.717, 1.165) is 29.9 Å². The second-order valence-corrected chi connectivity index (χ2v) is 5.91. The Hall–Kier alpha value is -1.69. The quantitative estimate of drug-likeness (QED) is 0.936. The molecule has 6 nitrogen and oxygen atoms in total. The molecule has 2 aromatic heterocycles. The molecule has 1 fully saturated rings. The molecule has 1 aliphatic rings. The number of rotatable bonds is 3. The van der Waals surface area contributed by atoms with Gasteiger partial charge in [0.25, 0.3) is 0 Å². The lowest BCUT2D eigenvalue weighted by molar-refractivity contribution is 0.182. The lowest BCUT2D eigenvalue weighted by Gasteiger charge is -2.28. The molecule has 0 radical (unpaired) electrons. The summed E-state index contributed by atoms with van der Waals surface area (Å²) in [6, 6.07) is 0.638. The first-order chi connectivity index (χ1) is 10.2. The Kier molecular flexibility index (Phi) is 4.05. The predicted octanol–water partition coefficient (Wildman–Crippen LogP) is 2.10. The minimum Gasteiger partial charge on any atom is -0.383 e. The standard InChI is InChI=1S/C15H24N6/c1-3-11-7-5-4-6-8-21(11)10-13-18-14(16)12-9-17-20(2)15(12)19-13/h9,11H,3-8,10H2,1-2H3,(H2,16,18,19). The molecule has 0 bridgehead atoms. The van der Waals surface area contributed by atoms with Gasteiger partial charge < -0.3 is 5.73 Å². The lowest BCUT2D eigenvalue weighted by Crippen LogP contribution is -2.34. The largest absolute Gasteiger partial charge is 0.383 e. The molecule has 0 aromatic carbocycles. The summed E-state index contributed by atoms with van der Waals surface area (Å²) in [5.41, 5.74) is 6.87. The van der Waals surface area contributed by atoms with Crippen molar-refractivity contribution in [3.05, 3.63) is 12.0 Å². The molecule has 1 atom stereocenters. The van der Waals surface area contributed by atoms with Crippen LogP contribution in [0.15, 0.2) is 6.20 Å². The zero-order valence-electron chi connectivity index (χ0n) is 12.9. The summed E-state index contributed by atoms with van der Waals surface area (Å²) in [6.07, 6.45) is 8.12. The molecule has 1 aliphatic heterocycles. The molecule has 0 saturated carbocycles. The number of aromatic nitrogens is 4. The van der Waals surface area contributed by atoms with Gasteiger partial charge in [-0.05, 0) is 25.8 Å². The summed E-state index contributed by atoms with van der Waals surface area (Å²) in [5.74, 6) is 1.34. The third kappa shape index (κ3) is 2.85. The van der Waals surface area contributed by atoms with Crippen molar-refractivity contribution in [2.45, 2.75) is 51.6 Å². The van der Waals surface area contributed by atoms with Gasteiger partial charge in [0.2, 0.25) is 0 Å². The molecule has 0 spiro atoms. The van der Waals surface area contributed by atoms with Crippen LogP contribution in [-0.4, -0.2) is 37.2 Å². The number of fused-ring (bicyclic) bond motifs is 1. The minimum absolute atomic E-state index is 0.533. The van der Waals surface area contributed by atoms with Gasteiger partial charge in [0.05, 0.1) is 18.1 Å². The highest BCUT2D eigenvalue weighted by Gasteiger charge is 2.21. The summed E-state index contributed by atoms with van der Waals surface area (Å²) in [6.45, 7) is 4.18. The predicted molar refractivity (Wildman–Crippen MR) is 83.7 cm³/mol. The lowest BCUT2D eigenvalue weighted by atomic mass is 10.1. The molecule has 1 unspecified atom stereocenters. The Morgan fingerprint density at radius 1 is 1.29 bits per heavy atom. The number of nitrogens with two attached hydrogens (primary N) is 1. The van der Waals surface area contributed by atoms with Gasteiger partial charge in [-0.15, -0.1) is 0 Å². The third-order valence-electron chi connectivity index (χ3n) is 4.48. The summed E-state index contributed by atoms with van der Waals surface area (Å²) < 4.78 is 1.76. The molecule has 0 aliphatic carbocycles. The van der Waals surface area contributed by atoms with Gasteiger partial charge in [-0.1, -0.05) is 19.8 Å². The Balaban J connectivity index is 1.87. The smallest absolute Gasteiger partial charge is 0.163 e. The van der Waals surface area contributed by atoms with Crippen molar-refractivity contribution in [3.63, 3.8) is 0 Å². The van der Waals surface area contributed by atoms with Crippen LogP contribution in [-0.2, 0) is 13.6 Å². The molecule has 2 N–H and O–H groups in total. The van der Waals surface area contributed by atoms with Crippen molar-refractivity contribution in [1.29, 1.82) is 0 Å². The highest BCUT2D eigenvalue weighted by molar-refractivity contribution is 5.84. The van der Waals surface area contributed by atoms with Gasteiger partial charge in [-0.3, -0.25) is 9.58 Å². The van der Waals surface area contributed by atoms with Crippen molar-refractivity contribution < 1.29 is 0 Å². The maximum Gasteiger partial charge on any atom is 0.163 e. The first-order valence-corrected chi connectivity index (χ1v) is 7.87. The van der Waals surface area contributed by atoms with Gasteiger partial charge in [-0.2, -0.15) is 5.10 Å². The van der Waals surface area contributed by atoms with Crippen molar-refractivity contribution in [3.8, 4) is 0 Å². The summed E-state index contributed by atoms with van der Waals surface area (Å²) in [7, 11) is 1.89. The van der Waals surface area contributed by atoms with E-state index in [-0.39, 0.29) is 0 Å². The summed E-state index contributed by atoms with van der Waals surface area (Å²) >= 11 is 0. The van der Waals surface area contributed by atoms with Crippen LogP contribution < -0.4 is 5.73 Å². The van der Waals surface area contributed by atoms with Crippen LogP contribution in [0.4, 0.5) is 5.82 Å². The van der Waals surface area contributed by atoms with Crippen molar-refractivity contribution in [2.24, 2.45) is 7.05 Å². The van der Waals surface area contributed by atoms with Gasteiger partial charge >= 0.3 is 0 Å². The molecule has 0 amide bonds. The fourth-order valence-electron chi connectivity index (χ4n) is 3.25. The van der Waals surface area contributed by atoms with E-state index in [1.165, 1.54) is 32.1 Å². The maximum atomic E-state index is 6.05. The zero-order chi connectivity index (χ0) is 14.8.